The number of hydrogen-bond acceptors (Lipinski definition) is 2. The van der Waals surface area contributed by atoms with Crippen LogP contribution in [0.15, 0.2) is 30.3 Å². The highest BCUT2D eigenvalue weighted by Gasteiger charge is 2.20. The predicted octanol–water partition coefficient (Wildman–Crippen LogP) is 5.07. The molecule has 0 aliphatic carbocycles. The maximum absolute atomic E-state index is 13.7. The summed E-state index contributed by atoms with van der Waals surface area (Å²) >= 11 is 7.09. The molecular weight excluding hydrogens is 283 g/mol. The second-order valence-electron chi connectivity index (χ2n) is 5.37. The fraction of sp³-hybridized carbons (Fsp3) is 0.267. The predicted molar refractivity (Wildman–Crippen MR) is 77.9 cm³/mol. The molecule has 100 valence electrons. The third kappa shape index (κ3) is 3.04. The molecule has 4 heteroatoms. The maximum atomic E-state index is 13.7. The van der Waals surface area contributed by atoms with E-state index >= 15 is 0 Å². The van der Waals surface area contributed by atoms with Crippen molar-refractivity contribution in [3.8, 4) is 0 Å². The van der Waals surface area contributed by atoms with E-state index in [1.165, 1.54) is 23.5 Å². The molecule has 0 unspecified atom stereocenters. The number of halogens is 2. The van der Waals surface area contributed by atoms with Crippen LogP contribution in [-0.2, 0) is 5.41 Å². The Morgan fingerprint density at radius 3 is 2.42 bits per heavy atom. The van der Waals surface area contributed by atoms with Crippen molar-refractivity contribution in [3.05, 3.63) is 56.5 Å². The highest BCUT2D eigenvalue weighted by Crippen LogP contribution is 2.31. The van der Waals surface area contributed by atoms with Crippen molar-refractivity contribution in [3.63, 3.8) is 0 Å². The van der Waals surface area contributed by atoms with Crippen molar-refractivity contribution in [2.75, 3.05) is 0 Å². The lowest BCUT2D eigenvalue weighted by Gasteiger charge is -2.15. The molecule has 2 rings (SSSR count). The van der Waals surface area contributed by atoms with Crippen LogP contribution in [0.25, 0.3) is 0 Å². The molecule has 0 fully saturated rings. The molecule has 1 aromatic carbocycles. The van der Waals surface area contributed by atoms with Crippen LogP contribution in [0.1, 0.15) is 40.9 Å². The molecule has 0 aliphatic heterocycles. The van der Waals surface area contributed by atoms with E-state index in [4.69, 9.17) is 11.6 Å². The SMILES string of the molecule is CC(C)(C)c1ccc(C(=O)c2ccc(Cl)cc2F)s1. The Balaban J connectivity index is 2.37. The summed E-state index contributed by atoms with van der Waals surface area (Å²) in [7, 11) is 0. The Morgan fingerprint density at radius 2 is 1.89 bits per heavy atom. The van der Waals surface area contributed by atoms with Gasteiger partial charge in [0.25, 0.3) is 0 Å². The lowest BCUT2D eigenvalue weighted by Crippen LogP contribution is -2.08. The van der Waals surface area contributed by atoms with Crippen LogP contribution >= 0.6 is 22.9 Å². The van der Waals surface area contributed by atoms with Crippen LogP contribution in [0.4, 0.5) is 4.39 Å². The van der Waals surface area contributed by atoms with Gasteiger partial charge >= 0.3 is 0 Å². The molecule has 1 heterocycles. The van der Waals surface area contributed by atoms with Crippen molar-refractivity contribution in [2.45, 2.75) is 26.2 Å². The Hall–Kier alpha value is -1.19. The first-order valence-corrected chi connectivity index (χ1v) is 7.08. The fourth-order valence-electron chi connectivity index (χ4n) is 1.67. The zero-order valence-electron chi connectivity index (χ0n) is 11.0. The lowest BCUT2D eigenvalue weighted by atomic mass is 9.95. The molecule has 0 spiro atoms. The van der Waals surface area contributed by atoms with Gasteiger partial charge in [0.1, 0.15) is 5.82 Å². The first-order valence-electron chi connectivity index (χ1n) is 5.89. The van der Waals surface area contributed by atoms with Gasteiger partial charge in [-0.05, 0) is 35.7 Å². The van der Waals surface area contributed by atoms with E-state index in [9.17, 15) is 9.18 Å². The zero-order chi connectivity index (χ0) is 14.2. The van der Waals surface area contributed by atoms with Gasteiger partial charge < -0.3 is 0 Å². The van der Waals surface area contributed by atoms with E-state index in [1.54, 1.807) is 6.07 Å². The van der Waals surface area contributed by atoms with Gasteiger partial charge in [0, 0.05) is 9.90 Å². The standard InChI is InChI=1S/C15H14ClFOS/c1-15(2,3)13-7-6-12(19-13)14(18)10-5-4-9(16)8-11(10)17/h4-8H,1-3H3. The monoisotopic (exact) mass is 296 g/mol. The summed E-state index contributed by atoms with van der Waals surface area (Å²) < 4.78 is 13.7. The van der Waals surface area contributed by atoms with Crippen LogP contribution < -0.4 is 0 Å². The van der Waals surface area contributed by atoms with Gasteiger partial charge in [-0.2, -0.15) is 0 Å². The average molecular weight is 297 g/mol. The average Bonchev–Trinajstić information content (AvgIpc) is 2.76. The van der Waals surface area contributed by atoms with Crippen molar-refractivity contribution in [2.24, 2.45) is 0 Å². The largest absolute Gasteiger partial charge is 0.288 e. The Bertz CT molecular complexity index is 625. The van der Waals surface area contributed by atoms with Crippen molar-refractivity contribution >= 4 is 28.7 Å². The summed E-state index contributed by atoms with van der Waals surface area (Å²) in [5, 5.41) is 0.288. The molecule has 0 saturated heterocycles. The number of thiophene rings is 1. The fourth-order valence-corrected chi connectivity index (χ4v) is 2.85. The highest BCUT2D eigenvalue weighted by atomic mass is 35.5. The highest BCUT2D eigenvalue weighted by molar-refractivity contribution is 7.14. The van der Waals surface area contributed by atoms with E-state index in [-0.39, 0.29) is 21.8 Å². The smallest absolute Gasteiger partial charge is 0.205 e. The first kappa shape index (κ1) is 14.2. The van der Waals surface area contributed by atoms with Crippen molar-refractivity contribution in [1.82, 2.24) is 0 Å². The maximum Gasteiger partial charge on any atom is 0.205 e. The number of hydrogen-bond donors (Lipinski definition) is 0. The molecule has 1 aromatic heterocycles. The molecule has 0 amide bonds. The Kier molecular flexibility index (Phi) is 3.79. The van der Waals surface area contributed by atoms with Gasteiger partial charge in [0.15, 0.2) is 0 Å². The lowest BCUT2D eigenvalue weighted by molar-refractivity contribution is 0.103. The van der Waals surface area contributed by atoms with Crippen LogP contribution in [0, 0.1) is 5.82 Å². The Labute approximate surface area is 121 Å². The summed E-state index contributed by atoms with van der Waals surface area (Å²) in [6.45, 7) is 6.24. The van der Waals surface area contributed by atoms with Gasteiger partial charge in [0.05, 0.1) is 10.4 Å². The summed E-state index contributed by atoms with van der Waals surface area (Å²) in [6.07, 6.45) is 0. The molecule has 0 aliphatic rings. The van der Waals surface area contributed by atoms with E-state index in [0.29, 0.717) is 4.88 Å². The zero-order valence-corrected chi connectivity index (χ0v) is 12.5. The molecule has 2 aromatic rings. The van der Waals surface area contributed by atoms with Gasteiger partial charge in [0.2, 0.25) is 5.78 Å². The topological polar surface area (TPSA) is 17.1 Å². The molecule has 0 saturated carbocycles. The van der Waals surface area contributed by atoms with E-state index in [0.717, 1.165) is 10.9 Å². The number of carbonyl (C=O) groups is 1. The molecule has 0 bridgehead atoms. The molecule has 0 atom stereocenters. The summed E-state index contributed by atoms with van der Waals surface area (Å²) in [5.41, 5.74) is 0.0496. The number of rotatable bonds is 2. The molecule has 19 heavy (non-hydrogen) atoms. The van der Waals surface area contributed by atoms with Crippen LogP contribution in [0.3, 0.4) is 0 Å². The van der Waals surface area contributed by atoms with Crippen LogP contribution in [0.5, 0.6) is 0 Å². The molecule has 0 N–H and O–H groups in total. The first-order chi connectivity index (χ1) is 8.79. The quantitative estimate of drug-likeness (QED) is 0.707. The minimum atomic E-state index is -0.580. The normalized spacial score (nSPS) is 11.6. The van der Waals surface area contributed by atoms with Crippen LogP contribution in [-0.4, -0.2) is 5.78 Å². The van der Waals surface area contributed by atoms with Crippen LogP contribution in [0.2, 0.25) is 5.02 Å². The summed E-state index contributed by atoms with van der Waals surface area (Å²) in [6, 6.07) is 7.78. The summed E-state index contributed by atoms with van der Waals surface area (Å²) in [5.74, 6) is -0.877. The van der Waals surface area contributed by atoms with Gasteiger partial charge in [-0.1, -0.05) is 32.4 Å². The van der Waals surface area contributed by atoms with Crippen molar-refractivity contribution < 1.29 is 9.18 Å². The third-order valence-corrected chi connectivity index (χ3v) is 4.49. The number of benzene rings is 1. The second kappa shape index (κ2) is 5.06. The number of carbonyl (C=O) groups excluding carboxylic acids is 1. The minimum absolute atomic E-state index is 0.0122. The molecule has 0 radical (unpaired) electrons. The summed E-state index contributed by atoms with van der Waals surface area (Å²) in [4.78, 5) is 13.9. The molecular formula is C15H14ClFOS. The van der Waals surface area contributed by atoms with Gasteiger partial charge in [-0.3, -0.25) is 4.79 Å². The second-order valence-corrected chi connectivity index (χ2v) is 6.89. The van der Waals surface area contributed by atoms with E-state index in [2.05, 4.69) is 20.8 Å². The Morgan fingerprint density at radius 1 is 1.21 bits per heavy atom. The van der Waals surface area contributed by atoms with Crippen molar-refractivity contribution in [1.29, 1.82) is 0 Å². The van der Waals surface area contributed by atoms with Gasteiger partial charge in [-0.25, -0.2) is 4.39 Å². The van der Waals surface area contributed by atoms with E-state index < -0.39 is 5.82 Å². The van der Waals surface area contributed by atoms with E-state index in [1.807, 2.05) is 6.07 Å². The third-order valence-electron chi connectivity index (χ3n) is 2.74. The van der Waals surface area contributed by atoms with Gasteiger partial charge in [-0.15, -0.1) is 11.3 Å². The number of ketones is 1. The minimum Gasteiger partial charge on any atom is -0.288 e. The molecule has 1 nitrogen and oxygen atoms in total.